The third-order valence-corrected chi connectivity index (χ3v) is 6.84. The molecule has 0 atom stereocenters. The van der Waals surface area contributed by atoms with E-state index in [4.69, 9.17) is 19.7 Å². The van der Waals surface area contributed by atoms with Crippen molar-refractivity contribution in [2.45, 2.75) is 77.5 Å². The molecule has 0 bridgehead atoms. The quantitative estimate of drug-likeness (QED) is 0.665. The van der Waals surface area contributed by atoms with Gasteiger partial charge in [0.25, 0.3) is 0 Å². The molecule has 1 saturated carbocycles. The summed E-state index contributed by atoms with van der Waals surface area (Å²) in [4.78, 5) is 15.6. The van der Waals surface area contributed by atoms with Gasteiger partial charge < -0.3 is 10.1 Å². The lowest BCUT2D eigenvalue weighted by Crippen LogP contribution is -2.32. The Hall–Kier alpha value is -1.79. The minimum Gasteiger partial charge on any atom is -0.370 e. The molecule has 0 radical (unpaired) electrons. The van der Waals surface area contributed by atoms with Crippen LogP contribution in [0.4, 0.5) is 5.82 Å². The number of anilines is 1. The van der Waals surface area contributed by atoms with Gasteiger partial charge in [-0.25, -0.2) is 15.0 Å². The van der Waals surface area contributed by atoms with Gasteiger partial charge in [-0.15, -0.1) is 11.3 Å². The number of fused-ring (bicyclic) bond motifs is 4. The average molecular weight is 383 g/mol. The van der Waals surface area contributed by atoms with E-state index in [2.05, 4.69) is 25.2 Å². The summed E-state index contributed by atoms with van der Waals surface area (Å²) in [6, 6.07) is 2.76. The minimum absolute atomic E-state index is 0.144. The number of hydrogen-bond acceptors (Lipinski definition) is 6. The molecule has 3 aromatic heterocycles. The molecule has 0 unspecified atom stereocenters. The van der Waals surface area contributed by atoms with Gasteiger partial charge in [-0.3, -0.25) is 0 Å². The fourth-order valence-corrected chi connectivity index (χ4v) is 5.37. The zero-order valence-corrected chi connectivity index (χ0v) is 17.1. The van der Waals surface area contributed by atoms with Crippen molar-refractivity contribution in [3.05, 3.63) is 23.1 Å². The highest BCUT2D eigenvalue weighted by atomic mass is 32.1. The third kappa shape index (κ3) is 3.19. The third-order valence-electron chi connectivity index (χ3n) is 5.74. The first-order chi connectivity index (χ1) is 13.0. The van der Waals surface area contributed by atoms with E-state index in [-0.39, 0.29) is 5.60 Å². The molecule has 3 aromatic rings. The number of aromatic nitrogens is 3. The molecule has 0 spiro atoms. The summed E-state index contributed by atoms with van der Waals surface area (Å²) in [5.41, 5.74) is 3.24. The molecule has 1 N–H and O–H groups in total. The van der Waals surface area contributed by atoms with Crippen molar-refractivity contribution in [1.29, 1.82) is 0 Å². The van der Waals surface area contributed by atoms with Crippen molar-refractivity contribution in [2.75, 3.05) is 5.32 Å². The lowest BCUT2D eigenvalue weighted by Gasteiger charge is -2.30. The number of nitrogens with zero attached hydrogens (tertiary/aromatic N) is 3. The molecule has 6 heteroatoms. The van der Waals surface area contributed by atoms with Gasteiger partial charge in [0.05, 0.1) is 28.1 Å². The molecule has 27 heavy (non-hydrogen) atoms. The van der Waals surface area contributed by atoms with Crippen LogP contribution in [-0.4, -0.2) is 26.6 Å². The number of pyridine rings is 1. The molecule has 142 valence electrons. The SMILES string of the molecule is Cc1nc(NC2CCCCC2)c2sc3nc4c(cc3c2n1)COC(C)(C)C4. The van der Waals surface area contributed by atoms with Gasteiger partial charge in [0.2, 0.25) is 0 Å². The molecule has 1 aliphatic heterocycles. The van der Waals surface area contributed by atoms with Crippen molar-refractivity contribution in [1.82, 2.24) is 15.0 Å². The summed E-state index contributed by atoms with van der Waals surface area (Å²) in [7, 11) is 0. The number of rotatable bonds is 2. The summed E-state index contributed by atoms with van der Waals surface area (Å²) in [6.45, 7) is 6.87. The number of nitrogens with one attached hydrogen (secondary N) is 1. The fourth-order valence-electron chi connectivity index (χ4n) is 4.30. The predicted octanol–water partition coefficient (Wildman–Crippen LogP) is 5.14. The Kier molecular flexibility index (Phi) is 4.09. The Morgan fingerprint density at radius 3 is 2.78 bits per heavy atom. The van der Waals surface area contributed by atoms with Gasteiger partial charge in [-0.1, -0.05) is 19.3 Å². The molecular weight excluding hydrogens is 356 g/mol. The second kappa shape index (κ2) is 6.38. The van der Waals surface area contributed by atoms with Crippen LogP contribution in [0, 0.1) is 6.92 Å². The number of thiophene rings is 1. The molecule has 5 nitrogen and oxygen atoms in total. The van der Waals surface area contributed by atoms with Crippen LogP contribution in [0.3, 0.4) is 0 Å². The van der Waals surface area contributed by atoms with Crippen LogP contribution in [-0.2, 0) is 17.8 Å². The number of hydrogen-bond donors (Lipinski definition) is 1. The van der Waals surface area contributed by atoms with Crippen molar-refractivity contribution in [3.63, 3.8) is 0 Å². The van der Waals surface area contributed by atoms with E-state index < -0.39 is 0 Å². The van der Waals surface area contributed by atoms with Gasteiger partial charge in [-0.2, -0.15) is 0 Å². The topological polar surface area (TPSA) is 59.9 Å². The maximum atomic E-state index is 6.00. The zero-order valence-electron chi connectivity index (χ0n) is 16.3. The standard InChI is InChI=1S/C21H26N4OS/c1-12-22-17-15-9-13-11-26-21(2,3)10-16(13)25-20(15)27-18(17)19(23-12)24-14-7-5-4-6-8-14/h9,14H,4-8,10-11H2,1-3H3,(H,22,23,24). The zero-order chi connectivity index (χ0) is 18.6. The lowest BCUT2D eigenvalue weighted by molar-refractivity contribution is -0.0411. The van der Waals surface area contributed by atoms with Crippen LogP contribution in [0.25, 0.3) is 20.4 Å². The molecule has 1 fully saturated rings. The van der Waals surface area contributed by atoms with Crippen LogP contribution in [0.5, 0.6) is 0 Å². The normalized spacial score (nSPS) is 20.1. The summed E-state index contributed by atoms with van der Waals surface area (Å²) < 4.78 is 7.13. The second-order valence-electron chi connectivity index (χ2n) is 8.55. The highest BCUT2D eigenvalue weighted by Crippen LogP contribution is 2.39. The average Bonchev–Trinajstić information content (AvgIpc) is 2.98. The van der Waals surface area contributed by atoms with Crippen LogP contribution in [0.1, 0.15) is 63.0 Å². The molecule has 0 aromatic carbocycles. The molecular formula is C21H26N4OS. The summed E-state index contributed by atoms with van der Waals surface area (Å²) in [5.74, 6) is 1.80. The van der Waals surface area contributed by atoms with E-state index in [0.29, 0.717) is 12.6 Å². The fraction of sp³-hybridized carbons (Fsp3) is 0.571. The highest BCUT2D eigenvalue weighted by molar-refractivity contribution is 7.25. The first-order valence-electron chi connectivity index (χ1n) is 9.99. The second-order valence-corrected chi connectivity index (χ2v) is 9.55. The molecule has 0 amide bonds. The maximum Gasteiger partial charge on any atom is 0.148 e. The molecule has 1 aliphatic carbocycles. The van der Waals surface area contributed by atoms with Crippen molar-refractivity contribution in [2.24, 2.45) is 0 Å². The van der Waals surface area contributed by atoms with E-state index in [1.807, 2.05) is 6.92 Å². The number of aryl methyl sites for hydroxylation is 1. The summed E-state index contributed by atoms with van der Waals surface area (Å²) in [5, 5.41) is 4.85. The molecule has 5 rings (SSSR count). The Morgan fingerprint density at radius 2 is 1.96 bits per heavy atom. The van der Waals surface area contributed by atoms with Crippen molar-refractivity contribution < 1.29 is 4.74 Å². The summed E-state index contributed by atoms with van der Waals surface area (Å²) >= 11 is 1.72. The van der Waals surface area contributed by atoms with Crippen LogP contribution in [0.2, 0.25) is 0 Å². The number of ether oxygens (including phenoxy) is 1. The smallest absolute Gasteiger partial charge is 0.148 e. The monoisotopic (exact) mass is 382 g/mol. The largest absolute Gasteiger partial charge is 0.370 e. The van der Waals surface area contributed by atoms with Crippen molar-refractivity contribution >= 4 is 37.6 Å². The van der Waals surface area contributed by atoms with E-state index in [9.17, 15) is 0 Å². The van der Waals surface area contributed by atoms with Crippen LogP contribution in [0.15, 0.2) is 6.07 Å². The molecule has 2 aliphatic rings. The lowest BCUT2D eigenvalue weighted by atomic mass is 9.95. The predicted molar refractivity (Wildman–Crippen MR) is 111 cm³/mol. The van der Waals surface area contributed by atoms with Crippen LogP contribution < -0.4 is 5.32 Å². The van der Waals surface area contributed by atoms with Gasteiger partial charge in [0, 0.05) is 23.4 Å². The van der Waals surface area contributed by atoms with Gasteiger partial charge in [0.15, 0.2) is 0 Å². The van der Waals surface area contributed by atoms with Gasteiger partial charge in [0.1, 0.15) is 16.5 Å². The summed E-state index contributed by atoms with van der Waals surface area (Å²) in [6.07, 6.45) is 7.28. The Morgan fingerprint density at radius 1 is 1.15 bits per heavy atom. The Bertz CT molecular complexity index is 1020. The Balaban J connectivity index is 1.62. The van der Waals surface area contributed by atoms with Gasteiger partial charge in [-0.05, 0) is 39.7 Å². The van der Waals surface area contributed by atoms with Crippen LogP contribution >= 0.6 is 11.3 Å². The van der Waals surface area contributed by atoms with E-state index in [0.717, 1.165) is 44.2 Å². The first kappa shape index (κ1) is 17.3. The van der Waals surface area contributed by atoms with E-state index in [1.54, 1.807) is 11.3 Å². The van der Waals surface area contributed by atoms with E-state index in [1.165, 1.54) is 37.7 Å². The minimum atomic E-state index is -0.144. The van der Waals surface area contributed by atoms with E-state index >= 15 is 0 Å². The first-order valence-corrected chi connectivity index (χ1v) is 10.8. The Labute approximate surface area is 163 Å². The highest BCUT2D eigenvalue weighted by Gasteiger charge is 2.28. The van der Waals surface area contributed by atoms with Gasteiger partial charge >= 0.3 is 0 Å². The maximum absolute atomic E-state index is 6.00. The molecule has 0 saturated heterocycles. The van der Waals surface area contributed by atoms with Crippen molar-refractivity contribution in [3.8, 4) is 0 Å². The molecule has 4 heterocycles.